The van der Waals surface area contributed by atoms with Crippen molar-refractivity contribution in [3.8, 4) is 0 Å². The quantitative estimate of drug-likeness (QED) is 0.847. The van der Waals surface area contributed by atoms with Gasteiger partial charge in [-0.1, -0.05) is 19.9 Å². The number of hydrogen-bond donors (Lipinski definition) is 2. The maximum absolute atomic E-state index is 13.0. The Bertz CT molecular complexity index is 445. The Hall–Kier alpha value is -1.42. The molecule has 1 amide bonds. The van der Waals surface area contributed by atoms with E-state index < -0.39 is 0 Å². The van der Waals surface area contributed by atoms with Crippen molar-refractivity contribution in [2.45, 2.75) is 32.7 Å². The molecule has 0 aromatic heterocycles. The molecule has 1 aliphatic rings. The van der Waals surface area contributed by atoms with Crippen LogP contribution in [-0.4, -0.2) is 18.5 Å². The van der Waals surface area contributed by atoms with E-state index in [4.69, 9.17) is 0 Å². The summed E-state index contributed by atoms with van der Waals surface area (Å²) in [6, 6.07) is 5.74. The Morgan fingerprint density at radius 1 is 1.50 bits per heavy atom. The molecule has 18 heavy (non-hydrogen) atoms. The average molecular weight is 250 g/mol. The monoisotopic (exact) mass is 250 g/mol. The van der Waals surface area contributed by atoms with E-state index >= 15 is 0 Å². The van der Waals surface area contributed by atoms with Gasteiger partial charge in [0.05, 0.1) is 6.04 Å². The minimum atomic E-state index is -0.344. The second-order valence-electron chi connectivity index (χ2n) is 5.48. The molecule has 1 fully saturated rings. The number of halogens is 1. The first-order valence-corrected chi connectivity index (χ1v) is 6.29. The second kappa shape index (κ2) is 5.06. The van der Waals surface area contributed by atoms with E-state index in [0.717, 1.165) is 19.4 Å². The molecule has 1 aromatic rings. The third-order valence-electron chi connectivity index (χ3n) is 3.48. The Balaban J connectivity index is 2.07. The molecule has 0 bridgehead atoms. The van der Waals surface area contributed by atoms with Crippen LogP contribution in [0.2, 0.25) is 0 Å². The van der Waals surface area contributed by atoms with Crippen LogP contribution in [0.5, 0.6) is 0 Å². The number of rotatable bonds is 2. The predicted octanol–water partition coefficient (Wildman–Crippen LogP) is 2.54. The number of piperidine rings is 1. The Labute approximate surface area is 107 Å². The van der Waals surface area contributed by atoms with E-state index in [2.05, 4.69) is 24.5 Å². The highest BCUT2D eigenvalue weighted by Gasteiger charge is 2.36. The van der Waals surface area contributed by atoms with E-state index in [1.54, 1.807) is 12.1 Å². The third-order valence-corrected chi connectivity index (χ3v) is 3.48. The molecule has 0 radical (unpaired) electrons. The molecule has 98 valence electrons. The van der Waals surface area contributed by atoms with Gasteiger partial charge < -0.3 is 10.6 Å². The van der Waals surface area contributed by atoms with E-state index in [1.807, 2.05) is 0 Å². The smallest absolute Gasteiger partial charge is 0.242 e. The van der Waals surface area contributed by atoms with Gasteiger partial charge in [-0.3, -0.25) is 4.79 Å². The molecule has 4 heteroatoms. The van der Waals surface area contributed by atoms with Crippen molar-refractivity contribution in [3.05, 3.63) is 30.1 Å². The second-order valence-corrected chi connectivity index (χ2v) is 5.48. The highest BCUT2D eigenvalue weighted by atomic mass is 19.1. The van der Waals surface area contributed by atoms with Gasteiger partial charge in [-0.25, -0.2) is 4.39 Å². The molecule has 1 unspecified atom stereocenters. The van der Waals surface area contributed by atoms with Crippen LogP contribution in [0.3, 0.4) is 0 Å². The van der Waals surface area contributed by atoms with Crippen LogP contribution >= 0.6 is 0 Å². The van der Waals surface area contributed by atoms with Crippen molar-refractivity contribution in [1.29, 1.82) is 0 Å². The predicted molar refractivity (Wildman–Crippen MR) is 69.8 cm³/mol. The summed E-state index contributed by atoms with van der Waals surface area (Å²) in [5.74, 6) is -0.436. The van der Waals surface area contributed by atoms with Gasteiger partial charge in [-0.2, -0.15) is 0 Å². The normalized spacial score (nSPS) is 22.5. The van der Waals surface area contributed by atoms with Gasteiger partial charge in [-0.05, 0) is 43.0 Å². The van der Waals surface area contributed by atoms with Crippen LogP contribution in [-0.2, 0) is 4.79 Å². The summed E-state index contributed by atoms with van der Waals surface area (Å²) in [7, 11) is 0. The Kier molecular flexibility index (Phi) is 3.66. The first-order chi connectivity index (χ1) is 8.49. The SMILES string of the molecule is CC1(C)CCCNC1C(=O)Nc1cccc(F)c1. The van der Waals surface area contributed by atoms with Gasteiger partial charge >= 0.3 is 0 Å². The zero-order chi connectivity index (χ0) is 13.2. The van der Waals surface area contributed by atoms with Crippen LogP contribution in [0.25, 0.3) is 0 Å². The molecule has 2 N–H and O–H groups in total. The van der Waals surface area contributed by atoms with Crippen molar-refractivity contribution in [2.75, 3.05) is 11.9 Å². The largest absolute Gasteiger partial charge is 0.325 e. The van der Waals surface area contributed by atoms with E-state index in [-0.39, 0.29) is 23.2 Å². The van der Waals surface area contributed by atoms with E-state index in [1.165, 1.54) is 12.1 Å². The summed E-state index contributed by atoms with van der Waals surface area (Å²) in [6.45, 7) is 5.01. The molecule has 0 saturated carbocycles. The average Bonchev–Trinajstić information content (AvgIpc) is 2.28. The number of benzene rings is 1. The zero-order valence-corrected chi connectivity index (χ0v) is 10.8. The number of amides is 1. The van der Waals surface area contributed by atoms with E-state index in [9.17, 15) is 9.18 Å². The van der Waals surface area contributed by atoms with Crippen molar-refractivity contribution >= 4 is 11.6 Å². The van der Waals surface area contributed by atoms with Crippen LogP contribution in [0.15, 0.2) is 24.3 Å². The van der Waals surface area contributed by atoms with E-state index in [0.29, 0.717) is 5.69 Å². The standard InChI is InChI=1S/C14H19FN2O/c1-14(2)7-4-8-16-12(14)13(18)17-11-6-3-5-10(15)9-11/h3,5-6,9,12,16H,4,7-8H2,1-2H3,(H,17,18). The summed E-state index contributed by atoms with van der Waals surface area (Å²) in [5, 5.41) is 6.00. The molecule has 0 spiro atoms. The molecule has 1 atom stereocenters. The maximum Gasteiger partial charge on any atom is 0.242 e. The molecule has 1 aliphatic heterocycles. The lowest BCUT2D eigenvalue weighted by Crippen LogP contribution is -2.53. The molecule has 1 saturated heterocycles. The Morgan fingerprint density at radius 3 is 2.94 bits per heavy atom. The first kappa shape index (κ1) is 13.0. The summed E-state index contributed by atoms with van der Waals surface area (Å²) in [6.07, 6.45) is 2.10. The number of carbonyl (C=O) groups excluding carboxylic acids is 1. The van der Waals surface area contributed by atoms with Crippen molar-refractivity contribution in [3.63, 3.8) is 0 Å². The number of carbonyl (C=O) groups is 1. The number of anilines is 1. The third kappa shape index (κ3) is 2.88. The molecular formula is C14H19FN2O. The number of hydrogen-bond acceptors (Lipinski definition) is 2. The molecule has 3 nitrogen and oxygen atoms in total. The first-order valence-electron chi connectivity index (χ1n) is 6.29. The lowest BCUT2D eigenvalue weighted by Gasteiger charge is -2.38. The van der Waals surface area contributed by atoms with Crippen molar-refractivity contribution < 1.29 is 9.18 Å². The Morgan fingerprint density at radius 2 is 2.28 bits per heavy atom. The number of nitrogens with one attached hydrogen (secondary N) is 2. The van der Waals surface area contributed by atoms with Crippen LogP contribution in [0.1, 0.15) is 26.7 Å². The van der Waals surface area contributed by atoms with Gasteiger partial charge in [0.1, 0.15) is 5.82 Å². The lowest BCUT2D eigenvalue weighted by atomic mass is 9.77. The van der Waals surface area contributed by atoms with Crippen LogP contribution in [0.4, 0.5) is 10.1 Å². The van der Waals surface area contributed by atoms with Gasteiger partial charge in [0.25, 0.3) is 0 Å². The molecule has 2 rings (SSSR count). The molecule has 1 aromatic carbocycles. The highest BCUT2D eigenvalue weighted by Crippen LogP contribution is 2.30. The van der Waals surface area contributed by atoms with Gasteiger partial charge in [-0.15, -0.1) is 0 Å². The summed E-state index contributed by atoms with van der Waals surface area (Å²) >= 11 is 0. The van der Waals surface area contributed by atoms with Gasteiger partial charge in [0, 0.05) is 5.69 Å². The minimum absolute atomic E-state index is 0.0738. The topological polar surface area (TPSA) is 41.1 Å². The summed E-state index contributed by atoms with van der Waals surface area (Å²) in [5.41, 5.74) is 0.429. The van der Waals surface area contributed by atoms with Crippen LogP contribution in [0, 0.1) is 11.2 Å². The fraction of sp³-hybridized carbons (Fsp3) is 0.500. The zero-order valence-electron chi connectivity index (χ0n) is 10.8. The summed E-state index contributed by atoms with van der Waals surface area (Å²) < 4.78 is 13.0. The minimum Gasteiger partial charge on any atom is -0.325 e. The van der Waals surface area contributed by atoms with Crippen LogP contribution < -0.4 is 10.6 Å². The van der Waals surface area contributed by atoms with Gasteiger partial charge in [0.2, 0.25) is 5.91 Å². The molecule has 1 heterocycles. The maximum atomic E-state index is 13.0. The van der Waals surface area contributed by atoms with Gasteiger partial charge in [0.15, 0.2) is 0 Å². The summed E-state index contributed by atoms with van der Waals surface area (Å²) in [4.78, 5) is 12.2. The van der Waals surface area contributed by atoms with Crippen molar-refractivity contribution in [2.24, 2.45) is 5.41 Å². The van der Waals surface area contributed by atoms with Crippen molar-refractivity contribution in [1.82, 2.24) is 5.32 Å². The molecular weight excluding hydrogens is 231 g/mol. The fourth-order valence-electron chi connectivity index (χ4n) is 2.44. The lowest BCUT2D eigenvalue weighted by molar-refractivity contribution is -0.121. The highest BCUT2D eigenvalue weighted by molar-refractivity contribution is 5.95. The molecule has 0 aliphatic carbocycles. The fourth-order valence-corrected chi connectivity index (χ4v) is 2.44.